The highest BCUT2D eigenvalue weighted by molar-refractivity contribution is 7.17. The molecule has 7 heteroatoms. The maximum Gasteiger partial charge on any atom is 0.341 e. The first-order chi connectivity index (χ1) is 14.1. The van der Waals surface area contributed by atoms with Crippen LogP contribution in [0, 0.1) is 0 Å². The molecule has 1 aliphatic carbocycles. The topological polar surface area (TPSA) is 77.8 Å². The molecule has 6 nitrogen and oxygen atoms in total. The Bertz CT molecular complexity index is 1060. The van der Waals surface area contributed by atoms with Crippen molar-refractivity contribution in [1.29, 1.82) is 0 Å². The second-order valence-electron chi connectivity index (χ2n) is 6.93. The van der Waals surface area contributed by atoms with E-state index in [4.69, 9.17) is 13.9 Å². The molecule has 1 amide bonds. The van der Waals surface area contributed by atoms with Gasteiger partial charge >= 0.3 is 5.97 Å². The van der Waals surface area contributed by atoms with Crippen molar-refractivity contribution < 1.29 is 23.5 Å². The third-order valence-electron chi connectivity index (χ3n) is 5.08. The third kappa shape index (κ3) is 3.74. The van der Waals surface area contributed by atoms with Gasteiger partial charge in [-0.15, -0.1) is 11.3 Å². The Morgan fingerprint density at radius 1 is 1.21 bits per heavy atom. The van der Waals surface area contributed by atoms with Gasteiger partial charge in [0.1, 0.15) is 5.00 Å². The second kappa shape index (κ2) is 8.29. The van der Waals surface area contributed by atoms with Crippen molar-refractivity contribution in [1.82, 2.24) is 0 Å². The number of ether oxygens (including phenoxy) is 2. The molecule has 2 heterocycles. The zero-order valence-corrected chi connectivity index (χ0v) is 17.3. The number of fused-ring (bicyclic) bond motifs is 2. The lowest BCUT2D eigenvalue weighted by atomic mass is 10.1. The molecule has 0 unspecified atom stereocenters. The van der Waals surface area contributed by atoms with Gasteiger partial charge in [0.15, 0.2) is 17.1 Å². The predicted molar refractivity (Wildman–Crippen MR) is 112 cm³/mol. The van der Waals surface area contributed by atoms with Crippen LogP contribution in [0.3, 0.4) is 0 Å². The Morgan fingerprint density at radius 3 is 2.83 bits per heavy atom. The highest BCUT2D eigenvalue weighted by atomic mass is 32.1. The highest BCUT2D eigenvalue weighted by Gasteiger charge is 2.27. The van der Waals surface area contributed by atoms with Crippen molar-refractivity contribution in [2.45, 2.75) is 39.0 Å². The summed E-state index contributed by atoms with van der Waals surface area (Å²) in [5.41, 5.74) is 2.04. The van der Waals surface area contributed by atoms with Crippen molar-refractivity contribution >= 4 is 39.2 Å². The number of hydrogen-bond donors (Lipinski definition) is 1. The first-order valence-electron chi connectivity index (χ1n) is 9.82. The van der Waals surface area contributed by atoms with E-state index in [2.05, 4.69) is 5.32 Å². The Labute approximate surface area is 172 Å². The summed E-state index contributed by atoms with van der Waals surface area (Å²) in [6, 6.07) is 7.15. The Kier molecular flexibility index (Phi) is 5.58. The van der Waals surface area contributed by atoms with E-state index in [0.29, 0.717) is 28.5 Å². The van der Waals surface area contributed by atoms with Crippen LogP contribution in [0.2, 0.25) is 0 Å². The number of anilines is 1. The zero-order valence-electron chi connectivity index (χ0n) is 16.5. The molecule has 1 aromatic carbocycles. The molecular weight excluding hydrogens is 390 g/mol. The molecule has 1 N–H and O–H groups in total. The van der Waals surface area contributed by atoms with Crippen LogP contribution in [0.15, 0.2) is 28.7 Å². The highest BCUT2D eigenvalue weighted by Crippen LogP contribution is 2.38. The molecule has 0 bridgehead atoms. The van der Waals surface area contributed by atoms with Crippen molar-refractivity contribution in [3.05, 3.63) is 46.0 Å². The van der Waals surface area contributed by atoms with Crippen LogP contribution in [0.1, 0.15) is 57.5 Å². The number of methoxy groups -OCH3 is 1. The maximum atomic E-state index is 12.9. The minimum atomic E-state index is -0.398. The molecule has 0 fully saturated rings. The molecule has 29 heavy (non-hydrogen) atoms. The molecule has 2 aromatic heterocycles. The summed E-state index contributed by atoms with van der Waals surface area (Å²) >= 11 is 1.47. The number of furan rings is 1. The number of carbonyl (C=O) groups is 2. The summed E-state index contributed by atoms with van der Waals surface area (Å²) in [5, 5.41) is 4.20. The standard InChI is InChI=1S/C22H23NO5S/c1-3-27-22(25)18-14-9-5-4-6-11-17(14)29-21(18)23-20(24)16-12-13-8-7-10-15(26-2)19(13)28-16/h7-8,10,12H,3-6,9,11H2,1-2H3,(H,23,24). The third-order valence-corrected chi connectivity index (χ3v) is 6.29. The largest absolute Gasteiger partial charge is 0.493 e. The molecule has 0 saturated carbocycles. The maximum absolute atomic E-state index is 12.9. The van der Waals surface area contributed by atoms with Gasteiger partial charge in [-0.3, -0.25) is 4.79 Å². The number of esters is 1. The van der Waals surface area contributed by atoms with E-state index in [0.717, 1.165) is 47.9 Å². The number of benzene rings is 1. The molecule has 0 aliphatic heterocycles. The van der Waals surface area contributed by atoms with Gasteiger partial charge in [-0.05, 0) is 50.3 Å². The number of amides is 1. The van der Waals surface area contributed by atoms with Gasteiger partial charge in [-0.1, -0.05) is 18.6 Å². The summed E-state index contributed by atoms with van der Waals surface area (Å²) < 4.78 is 16.3. The fourth-order valence-corrected chi connectivity index (χ4v) is 5.00. The van der Waals surface area contributed by atoms with Crippen molar-refractivity contribution in [3.63, 3.8) is 0 Å². The number of thiophene rings is 1. The van der Waals surface area contributed by atoms with Crippen LogP contribution in [-0.4, -0.2) is 25.6 Å². The fourth-order valence-electron chi connectivity index (χ4n) is 3.72. The van der Waals surface area contributed by atoms with E-state index in [9.17, 15) is 9.59 Å². The van der Waals surface area contributed by atoms with E-state index in [1.807, 2.05) is 12.1 Å². The smallest absolute Gasteiger partial charge is 0.341 e. The Balaban J connectivity index is 1.68. The van der Waals surface area contributed by atoms with Crippen LogP contribution in [0.5, 0.6) is 5.75 Å². The Morgan fingerprint density at radius 2 is 2.03 bits per heavy atom. The Hall–Kier alpha value is -2.80. The van der Waals surface area contributed by atoms with E-state index in [1.165, 1.54) is 11.3 Å². The van der Waals surface area contributed by atoms with Crippen LogP contribution in [-0.2, 0) is 17.6 Å². The number of nitrogens with one attached hydrogen (secondary N) is 1. The average Bonchev–Trinajstić information content (AvgIpc) is 3.22. The molecule has 3 aromatic rings. The summed E-state index contributed by atoms with van der Waals surface area (Å²) in [5.74, 6) is -0.0433. The van der Waals surface area contributed by atoms with Crippen molar-refractivity contribution in [2.75, 3.05) is 19.0 Å². The lowest BCUT2D eigenvalue weighted by Crippen LogP contribution is -2.14. The minimum absolute atomic E-state index is 0.169. The molecule has 0 atom stereocenters. The first kappa shape index (κ1) is 19.5. The van der Waals surface area contributed by atoms with E-state index in [-0.39, 0.29) is 11.7 Å². The normalized spacial score (nSPS) is 13.6. The summed E-state index contributed by atoms with van der Waals surface area (Å²) in [7, 11) is 1.56. The summed E-state index contributed by atoms with van der Waals surface area (Å²) in [6.45, 7) is 2.07. The van der Waals surface area contributed by atoms with Crippen molar-refractivity contribution in [2.24, 2.45) is 0 Å². The average molecular weight is 413 g/mol. The van der Waals surface area contributed by atoms with Crippen LogP contribution < -0.4 is 10.1 Å². The molecule has 0 radical (unpaired) electrons. The van der Waals surface area contributed by atoms with Gasteiger partial charge in [-0.2, -0.15) is 0 Å². The summed E-state index contributed by atoms with van der Waals surface area (Å²) in [4.78, 5) is 26.7. The second-order valence-corrected chi connectivity index (χ2v) is 8.04. The van der Waals surface area contributed by atoms with Crippen LogP contribution in [0.4, 0.5) is 5.00 Å². The quantitative estimate of drug-likeness (QED) is 0.459. The van der Waals surface area contributed by atoms with Crippen molar-refractivity contribution in [3.8, 4) is 5.75 Å². The SMILES string of the molecule is CCOC(=O)c1c(NC(=O)c2cc3cccc(OC)c3o2)sc2c1CCCCC2. The number of carbonyl (C=O) groups excluding carboxylic acids is 2. The summed E-state index contributed by atoms with van der Waals surface area (Å²) in [6.07, 6.45) is 5.02. The number of aryl methyl sites for hydroxylation is 1. The van der Waals surface area contributed by atoms with Gasteiger partial charge in [0.05, 0.1) is 19.3 Å². The number of rotatable bonds is 5. The zero-order chi connectivity index (χ0) is 20.4. The molecule has 0 saturated heterocycles. The van der Waals surface area contributed by atoms with Crippen LogP contribution in [0.25, 0.3) is 11.0 Å². The molecule has 0 spiro atoms. The fraction of sp³-hybridized carbons (Fsp3) is 0.364. The predicted octanol–water partition coefficient (Wildman–Crippen LogP) is 5.20. The van der Waals surface area contributed by atoms with Gasteiger partial charge in [0, 0.05) is 10.3 Å². The number of para-hydroxylation sites is 1. The molecule has 152 valence electrons. The van der Waals surface area contributed by atoms with Gasteiger partial charge < -0.3 is 19.2 Å². The van der Waals surface area contributed by atoms with Gasteiger partial charge in [0.25, 0.3) is 5.91 Å². The molecule has 1 aliphatic rings. The number of hydrogen-bond acceptors (Lipinski definition) is 6. The molecule has 4 rings (SSSR count). The van der Waals surface area contributed by atoms with Gasteiger partial charge in [0.2, 0.25) is 0 Å². The van der Waals surface area contributed by atoms with Gasteiger partial charge in [-0.25, -0.2) is 4.79 Å². The van der Waals surface area contributed by atoms with E-state index in [1.54, 1.807) is 26.2 Å². The van der Waals surface area contributed by atoms with E-state index >= 15 is 0 Å². The first-order valence-corrected chi connectivity index (χ1v) is 10.6. The monoisotopic (exact) mass is 413 g/mol. The minimum Gasteiger partial charge on any atom is -0.493 e. The molecular formula is C22H23NO5S. The van der Waals surface area contributed by atoms with Crippen LogP contribution >= 0.6 is 11.3 Å². The lowest BCUT2D eigenvalue weighted by Gasteiger charge is -2.07. The van der Waals surface area contributed by atoms with E-state index < -0.39 is 5.91 Å². The lowest BCUT2D eigenvalue weighted by molar-refractivity contribution is 0.0527.